The molecule has 1 aliphatic rings. The molecule has 0 unspecified atom stereocenters. The molecule has 1 heterocycles. The molecule has 18 heavy (non-hydrogen) atoms. The van der Waals surface area contributed by atoms with Gasteiger partial charge in [-0.3, -0.25) is 0 Å². The maximum atomic E-state index is 11.9. The van der Waals surface area contributed by atoms with Crippen LogP contribution in [0.15, 0.2) is 30.3 Å². The molecule has 1 aromatic carbocycles. The lowest BCUT2D eigenvalue weighted by Gasteiger charge is -2.10. The van der Waals surface area contributed by atoms with Crippen LogP contribution in [0.2, 0.25) is 0 Å². The first-order valence-electron chi connectivity index (χ1n) is 6.64. The summed E-state index contributed by atoms with van der Waals surface area (Å²) in [6, 6.07) is 9.90. The van der Waals surface area contributed by atoms with Crippen molar-refractivity contribution in [3.8, 4) is 0 Å². The van der Waals surface area contributed by atoms with Crippen molar-refractivity contribution in [3.05, 3.63) is 35.9 Å². The maximum Gasteiger partial charge on any atom is 0.338 e. The third kappa shape index (κ3) is 2.41. The lowest BCUT2D eigenvalue weighted by Crippen LogP contribution is -2.21. The Morgan fingerprint density at radius 3 is 2.67 bits per heavy atom. The summed E-state index contributed by atoms with van der Waals surface area (Å²) in [7, 11) is 0. The monoisotopic (exact) mass is 248 g/mol. The number of hydrogen-bond acceptors (Lipinski definition) is 3. The molecular formula is C15H20O3. The summed E-state index contributed by atoms with van der Waals surface area (Å²) in [6.07, 6.45) is 2.28. The van der Waals surface area contributed by atoms with Gasteiger partial charge in [-0.2, -0.15) is 0 Å². The second-order valence-electron chi connectivity index (χ2n) is 4.63. The Kier molecular flexibility index (Phi) is 4.02. The van der Waals surface area contributed by atoms with Gasteiger partial charge in [0.05, 0.1) is 6.61 Å². The number of benzene rings is 1. The highest BCUT2D eigenvalue weighted by Crippen LogP contribution is 2.49. The molecule has 2 rings (SSSR count). The predicted molar refractivity (Wildman–Crippen MR) is 69.2 cm³/mol. The molecule has 2 atom stereocenters. The van der Waals surface area contributed by atoms with E-state index in [9.17, 15) is 4.79 Å². The molecule has 0 aromatic heterocycles. The Balaban J connectivity index is 1.99. The summed E-state index contributed by atoms with van der Waals surface area (Å²) in [5.41, 5.74) is 0.606. The number of unbranched alkanes of at least 4 members (excludes halogenated alkanes) is 1. The fourth-order valence-electron chi connectivity index (χ4n) is 2.22. The Morgan fingerprint density at radius 1 is 1.33 bits per heavy atom. The molecule has 1 fully saturated rings. The second kappa shape index (κ2) is 5.53. The van der Waals surface area contributed by atoms with Gasteiger partial charge in [-0.1, -0.05) is 50.6 Å². The van der Waals surface area contributed by atoms with Crippen molar-refractivity contribution < 1.29 is 14.3 Å². The number of rotatable bonds is 6. The summed E-state index contributed by atoms with van der Waals surface area (Å²) in [5, 5.41) is 0. The fraction of sp³-hybridized carbons (Fsp3) is 0.533. The highest BCUT2D eigenvalue weighted by Gasteiger charge is 2.61. The van der Waals surface area contributed by atoms with Crippen LogP contribution in [-0.4, -0.2) is 18.7 Å². The van der Waals surface area contributed by atoms with Crippen molar-refractivity contribution in [1.29, 1.82) is 0 Å². The minimum absolute atomic E-state index is 0.228. The molecule has 98 valence electrons. The van der Waals surface area contributed by atoms with Crippen LogP contribution in [0, 0.1) is 0 Å². The van der Waals surface area contributed by atoms with Crippen LogP contribution in [0.4, 0.5) is 0 Å². The van der Waals surface area contributed by atoms with Crippen LogP contribution in [0.1, 0.15) is 38.7 Å². The van der Waals surface area contributed by atoms with Gasteiger partial charge in [-0.15, -0.1) is 0 Å². The molecule has 3 nitrogen and oxygen atoms in total. The van der Waals surface area contributed by atoms with Crippen molar-refractivity contribution in [2.75, 3.05) is 6.61 Å². The average Bonchev–Trinajstić information content (AvgIpc) is 3.16. The predicted octanol–water partition coefficient (Wildman–Crippen LogP) is 3.03. The minimum Gasteiger partial charge on any atom is -0.464 e. The van der Waals surface area contributed by atoms with Gasteiger partial charge in [-0.25, -0.2) is 4.79 Å². The molecule has 1 saturated heterocycles. The van der Waals surface area contributed by atoms with Crippen molar-refractivity contribution in [3.63, 3.8) is 0 Å². The number of ether oxygens (including phenoxy) is 2. The Bertz CT molecular complexity index is 401. The fourth-order valence-corrected chi connectivity index (χ4v) is 2.22. The highest BCUT2D eigenvalue weighted by atomic mass is 16.7. The normalized spacial score (nSPS) is 25.8. The summed E-state index contributed by atoms with van der Waals surface area (Å²) in [6.45, 7) is 4.60. The van der Waals surface area contributed by atoms with Gasteiger partial charge in [0.25, 0.3) is 0 Å². The van der Waals surface area contributed by atoms with Crippen LogP contribution in [0.3, 0.4) is 0 Å². The van der Waals surface area contributed by atoms with E-state index >= 15 is 0 Å². The van der Waals surface area contributed by atoms with Gasteiger partial charge < -0.3 is 9.47 Å². The van der Waals surface area contributed by atoms with E-state index in [1.54, 1.807) is 0 Å². The van der Waals surface area contributed by atoms with E-state index in [0.717, 1.165) is 24.8 Å². The SMILES string of the molecule is CCCCOC(=O)[C@@H]1O[C@@]1(CC)c1ccccc1. The molecule has 1 aromatic rings. The van der Waals surface area contributed by atoms with E-state index in [0.29, 0.717) is 6.61 Å². The van der Waals surface area contributed by atoms with Gasteiger partial charge in [0.15, 0.2) is 6.10 Å². The standard InChI is InChI=1S/C15H20O3/c1-3-5-11-17-14(16)13-15(4-2,18-13)12-9-7-6-8-10-12/h6-10,13H,3-5,11H2,1-2H3/t13-,15-/m0/s1. The van der Waals surface area contributed by atoms with E-state index < -0.39 is 11.7 Å². The number of hydrogen-bond donors (Lipinski definition) is 0. The topological polar surface area (TPSA) is 38.8 Å². The molecule has 0 saturated carbocycles. The highest BCUT2D eigenvalue weighted by molar-refractivity contribution is 5.80. The number of esters is 1. The zero-order valence-electron chi connectivity index (χ0n) is 11.0. The maximum absolute atomic E-state index is 11.9. The summed E-state index contributed by atoms with van der Waals surface area (Å²) >= 11 is 0. The Hall–Kier alpha value is -1.35. The molecule has 1 aliphatic heterocycles. The van der Waals surface area contributed by atoms with E-state index in [1.165, 1.54) is 0 Å². The van der Waals surface area contributed by atoms with Crippen LogP contribution >= 0.6 is 0 Å². The number of carbonyl (C=O) groups is 1. The van der Waals surface area contributed by atoms with Crippen molar-refractivity contribution in [2.24, 2.45) is 0 Å². The second-order valence-corrected chi connectivity index (χ2v) is 4.63. The molecule has 0 aliphatic carbocycles. The first-order chi connectivity index (χ1) is 8.74. The average molecular weight is 248 g/mol. The smallest absolute Gasteiger partial charge is 0.338 e. The summed E-state index contributed by atoms with van der Waals surface area (Å²) in [4.78, 5) is 11.9. The third-order valence-corrected chi connectivity index (χ3v) is 3.44. The van der Waals surface area contributed by atoms with E-state index in [4.69, 9.17) is 9.47 Å². The molecule has 0 bridgehead atoms. The summed E-state index contributed by atoms with van der Waals surface area (Å²) in [5.74, 6) is -0.228. The van der Waals surface area contributed by atoms with Crippen LogP contribution < -0.4 is 0 Å². The lowest BCUT2D eigenvalue weighted by atomic mass is 9.93. The van der Waals surface area contributed by atoms with E-state index in [2.05, 4.69) is 6.92 Å². The summed E-state index contributed by atoms with van der Waals surface area (Å²) < 4.78 is 10.9. The van der Waals surface area contributed by atoms with Gasteiger partial charge >= 0.3 is 5.97 Å². The Labute approximate surface area is 108 Å². The molecule has 0 radical (unpaired) electrons. The van der Waals surface area contributed by atoms with Gasteiger partial charge in [-0.05, 0) is 18.4 Å². The van der Waals surface area contributed by atoms with Gasteiger partial charge in [0.2, 0.25) is 0 Å². The first kappa shape index (κ1) is 13.1. The van der Waals surface area contributed by atoms with Gasteiger partial charge in [0.1, 0.15) is 5.60 Å². The number of carbonyl (C=O) groups excluding carboxylic acids is 1. The molecule has 0 spiro atoms. The van der Waals surface area contributed by atoms with Crippen LogP contribution in [-0.2, 0) is 19.9 Å². The molecule has 0 N–H and O–H groups in total. The van der Waals surface area contributed by atoms with Crippen LogP contribution in [0.5, 0.6) is 0 Å². The zero-order valence-corrected chi connectivity index (χ0v) is 11.0. The number of epoxide rings is 1. The van der Waals surface area contributed by atoms with E-state index in [-0.39, 0.29) is 5.97 Å². The zero-order chi connectivity index (χ0) is 13.0. The van der Waals surface area contributed by atoms with Crippen molar-refractivity contribution in [1.82, 2.24) is 0 Å². The van der Waals surface area contributed by atoms with Gasteiger partial charge in [0, 0.05) is 0 Å². The lowest BCUT2D eigenvalue weighted by molar-refractivity contribution is -0.145. The first-order valence-corrected chi connectivity index (χ1v) is 6.64. The van der Waals surface area contributed by atoms with Crippen molar-refractivity contribution >= 4 is 5.97 Å². The molecular weight excluding hydrogens is 228 g/mol. The largest absolute Gasteiger partial charge is 0.464 e. The van der Waals surface area contributed by atoms with E-state index in [1.807, 2.05) is 37.3 Å². The van der Waals surface area contributed by atoms with Crippen molar-refractivity contribution in [2.45, 2.75) is 44.8 Å². The molecule has 0 amide bonds. The third-order valence-electron chi connectivity index (χ3n) is 3.44. The molecule has 3 heteroatoms. The van der Waals surface area contributed by atoms with Crippen LogP contribution in [0.25, 0.3) is 0 Å². The quantitative estimate of drug-likeness (QED) is 0.441. The minimum atomic E-state index is -0.454. The Morgan fingerprint density at radius 2 is 2.06 bits per heavy atom.